The number of aryl methyl sites for hydroxylation is 1. The van der Waals surface area contributed by atoms with Gasteiger partial charge in [0.15, 0.2) is 11.0 Å². The first-order valence-corrected chi connectivity index (χ1v) is 11.2. The van der Waals surface area contributed by atoms with Gasteiger partial charge in [0.05, 0.1) is 17.3 Å². The first kappa shape index (κ1) is 21.2. The Bertz CT molecular complexity index is 1180. The summed E-state index contributed by atoms with van der Waals surface area (Å²) in [6, 6.07) is 25.4. The van der Waals surface area contributed by atoms with E-state index < -0.39 is 0 Å². The van der Waals surface area contributed by atoms with Crippen LogP contribution in [-0.2, 0) is 11.3 Å². The predicted molar refractivity (Wildman–Crippen MR) is 127 cm³/mol. The van der Waals surface area contributed by atoms with Gasteiger partial charge in [0.2, 0.25) is 5.91 Å². The Morgan fingerprint density at radius 3 is 2.42 bits per heavy atom. The molecule has 0 unspecified atom stereocenters. The highest BCUT2D eigenvalue weighted by Gasteiger charge is 2.18. The van der Waals surface area contributed by atoms with Crippen LogP contribution in [0.3, 0.4) is 0 Å². The van der Waals surface area contributed by atoms with E-state index in [4.69, 9.17) is 11.6 Å². The smallest absolute Gasteiger partial charge is 0.234 e. The molecule has 1 aromatic heterocycles. The number of carbonyl (C=O) groups is 1. The van der Waals surface area contributed by atoms with Crippen LogP contribution >= 0.6 is 23.4 Å². The van der Waals surface area contributed by atoms with Gasteiger partial charge in [0.25, 0.3) is 0 Å². The minimum atomic E-state index is -0.0950. The van der Waals surface area contributed by atoms with Crippen molar-refractivity contribution in [3.63, 3.8) is 0 Å². The molecule has 7 heteroatoms. The number of hydrogen-bond acceptors (Lipinski definition) is 4. The molecule has 1 amide bonds. The Morgan fingerprint density at radius 1 is 0.968 bits per heavy atom. The standard InChI is InChI=1S/C24H21ClN4OS/c1-17-11-13-19(14-12-17)26-22(30)16-31-24-28-27-23(20-9-5-6-10-21(20)25)29(24)15-18-7-3-2-4-8-18/h2-14H,15-16H2,1H3,(H,26,30). The maximum atomic E-state index is 12.5. The van der Waals surface area contributed by atoms with E-state index in [-0.39, 0.29) is 11.7 Å². The summed E-state index contributed by atoms with van der Waals surface area (Å²) < 4.78 is 2.00. The van der Waals surface area contributed by atoms with Gasteiger partial charge in [-0.15, -0.1) is 10.2 Å². The lowest BCUT2D eigenvalue weighted by Gasteiger charge is -2.11. The van der Waals surface area contributed by atoms with Crippen LogP contribution < -0.4 is 5.32 Å². The van der Waals surface area contributed by atoms with E-state index >= 15 is 0 Å². The number of nitrogens with one attached hydrogen (secondary N) is 1. The molecular formula is C24H21ClN4OS. The highest BCUT2D eigenvalue weighted by Crippen LogP contribution is 2.30. The molecule has 1 N–H and O–H groups in total. The molecule has 0 aliphatic heterocycles. The van der Waals surface area contributed by atoms with Gasteiger partial charge in [-0.2, -0.15) is 0 Å². The van der Waals surface area contributed by atoms with Gasteiger partial charge in [-0.25, -0.2) is 0 Å². The lowest BCUT2D eigenvalue weighted by Crippen LogP contribution is -2.14. The number of rotatable bonds is 7. The van der Waals surface area contributed by atoms with Crippen molar-refractivity contribution in [1.29, 1.82) is 0 Å². The van der Waals surface area contributed by atoms with Gasteiger partial charge in [0.1, 0.15) is 0 Å². The van der Waals surface area contributed by atoms with Crippen LogP contribution in [0.4, 0.5) is 5.69 Å². The summed E-state index contributed by atoms with van der Waals surface area (Å²) in [7, 11) is 0. The van der Waals surface area contributed by atoms with E-state index in [0.717, 1.165) is 22.4 Å². The Labute approximate surface area is 190 Å². The van der Waals surface area contributed by atoms with E-state index in [2.05, 4.69) is 27.6 Å². The number of anilines is 1. The summed E-state index contributed by atoms with van der Waals surface area (Å²) in [5.74, 6) is 0.807. The van der Waals surface area contributed by atoms with Gasteiger partial charge >= 0.3 is 0 Å². The van der Waals surface area contributed by atoms with E-state index in [1.807, 2.05) is 78.2 Å². The fraction of sp³-hybridized carbons (Fsp3) is 0.125. The molecule has 0 radical (unpaired) electrons. The Balaban J connectivity index is 1.56. The van der Waals surface area contributed by atoms with Crippen molar-refractivity contribution in [2.24, 2.45) is 0 Å². The summed E-state index contributed by atoms with van der Waals surface area (Å²) >= 11 is 7.77. The third-order valence-corrected chi connectivity index (χ3v) is 5.98. The number of amides is 1. The van der Waals surface area contributed by atoms with Crippen molar-refractivity contribution < 1.29 is 4.79 Å². The van der Waals surface area contributed by atoms with Gasteiger partial charge in [-0.1, -0.05) is 83.5 Å². The fourth-order valence-electron chi connectivity index (χ4n) is 3.11. The van der Waals surface area contributed by atoms with Gasteiger partial charge in [-0.05, 0) is 36.8 Å². The second-order valence-corrected chi connectivity index (χ2v) is 8.41. The number of aromatic nitrogens is 3. The topological polar surface area (TPSA) is 59.8 Å². The lowest BCUT2D eigenvalue weighted by molar-refractivity contribution is -0.113. The summed E-state index contributed by atoms with van der Waals surface area (Å²) in [5.41, 5.74) is 3.84. The van der Waals surface area contributed by atoms with Crippen LogP contribution in [0.1, 0.15) is 11.1 Å². The van der Waals surface area contributed by atoms with Crippen LogP contribution in [0.5, 0.6) is 0 Å². The predicted octanol–water partition coefficient (Wildman–Crippen LogP) is 5.69. The molecule has 0 aliphatic rings. The van der Waals surface area contributed by atoms with Crippen molar-refractivity contribution in [3.05, 3.63) is 95.0 Å². The average molecular weight is 449 g/mol. The van der Waals surface area contributed by atoms with Crippen molar-refractivity contribution in [2.75, 3.05) is 11.1 Å². The van der Waals surface area contributed by atoms with Crippen LogP contribution in [0.25, 0.3) is 11.4 Å². The van der Waals surface area contributed by atoms with Crippen molar-refractivity contribution in [2.45, 2.75) is 18.6 Å². The zero-order chi connectivity index (χ0) is 21.6. The molecular weight excluding hydrogens is 428 g/mol. The minimum absolute atomic E-state index is 0.0950. The van der Waals surface area contributed by atoms with E-state index in [9.17, 15) is 4.79 Å². The third kappa shape index (κ3) is 5.34. The molecule has 0 aliphatic carbocycles. The molecule has 0 saturated carbocycles. The average Bonchev–Trinajstić information content (AvgIpc) is 3.17. The van der Waals surface area contributed by atoms with Gasteiger partial charge < -0.3 is 5.32 Å². The number of carbonyl (C=O) groups excluding carboxylic acids is 1. The molecule has 31 heavy (non-hydrogen) atoms. The van der Waals surface area contributed by atoms with Crippen LogP contribution in [0.15, 0.2) is 84.0 Å². The molecule has 4 aromatic rings. The second-order valence-electron chi connectivity index (χ2n) is 7.06. The molecule has 1 heterocycles. The second kappa shape index (κ2) is 9.81. The van der Waals surface area contributed by atoms with Crippen LogP contribution in [-0.4, -0.2) is 26.4 Å². The fourth-order valence-corrected chi connectivity index (χ4v) is 4.07. The number of nitrogens with zero attached hydrogens (tertiary/aromatic N) is 3. The number of hydrogen-bond donors (Lipinski definition) is 1. The normalized spacial score (nSPS) is 10.8. The highest BCUT2D eigenvalue weighted by atomic mass is 35.5. The zero-order valence-electron chi connectivity index (χ0n) is 17.0. The number of benzene rings is 3. The summed E-state index contributed by atoms with van der Waals surface area (Å²) in [4.78, 5) is 12.5. The van der Waals surface area contributed by atoms with E-state index in [0.29, 0.717) is 22.5 Å². The molecule has 5 nitrogen and oxygen atoms in total. The number of halogens is 1. The monoisotopic (exact) mass is 448 g/mol. The maximum Gasteiger partial charge on any atom is 0.234 e. The summed E-state index contributed by atoms with van der Waals surface area (Å²) in [6.45, 7) is 2.59. The molecule has 3 aromatic carbocycles. The zero-order valence-corrected chi connectivity index (χ0v) is 18.5. The lowest BCUT2D eigenvalue weighted by atomic mass is 10.2. The molecule has 4 rings (SSSR count). The number of thioether (sulfide) groups is 1. The molecule has 0 spiro atoms. The summed E-state index contributed by atoms with van der Waals surface area (Å²) in [5, 5.41) is 12.9. The third-order valence-electron chi connectivity index (χ3n) is 4.68. The van der Waals surface area contributed by atoms with Crippen molar-refractivity contribution in [1.82, 2.24) is 14.8 Å². The minimum Gasteiger partial charge on any atom is -0.325 e. The molecule has 0 fully saturated rings. The van der Waals surface area contributed by atoms with Crippen LogP contribution in [0, 0.1) is 6.92 Å². The maximum absolute atomic E-state index is 12.5. The van der Waals surface area contributed by atoms with Gasteiger partial charge in [0, 0.05) is 11.3 Å². The highest BCUT2D eigenvalue weighted by molar-refractivity contribution is 7.99. The molecule has 156 valence electrons. The Hall–Kier alpha value is -3.09. The van der Waals surface area contributed by atoms with Crippen molar-refractivity contribution in [3.8, 4) is 11.4 Å². The first-order chi connectivity index (χ1) is 15.1. The quantitative estimate of drug-likeness (QED) is 0.369. The Kier molecular flexibility index (Phi) is 6.70. The molecule has 0 atom stereocenters. The van der Waals surface area contributed by atoms with E-state index in [1.54, 1.807) is 0 Å². The molecule has 0 saturated heterocycles. The van der Waals surface area contributed by atoms with E-state index in [1.165, 1.54) is 11.8 Å². The van der Waals surface area contributed by atoms with Gasteiger partial charge in [-0.3, -0.25) is 9.36 Å². The SMILES string of the molecule is Cc1ccc(NC(=O)CSc2nnc(-c3ccccc3Cl)n2Cc2ccccc2)cc1. The summed E-state index contributed by atoms with van der Waals surface area (Å²) in [6.07, 6.45) is 0. The Morgan fingerprint density at radius 2 is 1.68 bits per heavy atom. The van der Waals surface area contributed by atoms with Crippen LogP contribution in [0.2, 0.25) is 5.02 Å². The largest absolute Gasteiger partial charge is 0.325 e. The first-order valence-electron chi connectivity index (χ1n) is 9.81. The molecule has 0 bridgehead atoms. The van der Waals surface area contributed by atoms with Crippen molar-refractivity contribution >= 4 is 35.0 Å².